The highest BCUT2D eigenvalue weighted by atomic mass is 79.9. The molecule has 3 nitrogen and oxygen atoms in total. The molecule has 1 unspecified atom stereocenters. The number of aryl methyl sites for hydroxylation is 2. The number of hydrogen-bond donors (Lipinski definition) is 1. The summed E-state index contributed by atoms with van der Waals surface area (Å²) >= 11 is 3.52. The van der Waals surface area contributed by atoms with Crippen LogP contribution in [0.4, 0.5) is 0 Å². The summed E-state index contributed by atoms with van der Waals surface area (Å²) in [5.41, 5.74) is 8.11. The van der Waals surface area contributed by atoms with E-state index in [0.29, 0.717) is 0 Å². The molecule has 2 N–H and O–H groups in total. The summed E-state index contributed by atoms with van der Waals surface area (Å²) in [6.45, 7) is 4.09. The molecule has 0 amide bonds. The molecule has 0 aromatic carbocycles. The van der Waals surface area contributed by atoms with Gasteiger partial charge >= 0.3 is 0 Å². The summed E-state index contributed by atoms with van der Waals surface area (Å²) in [5.74, 6) is 0. The van der Waals surface area contributed by atoms with Crippen molar-refractivity contribution in [2.75, 3.05) is 0 Å². The van der Waals surface area contributed by atoms with Gasteiger partial charge in [0.2, 0.25) is 0 Å². The van der Waals surface area contributed by atoms with Gasteiger partial charge in [0.05, 0.1) is 15.9 Å². The maximum Gasteiger partial charge on any atom is 0.0738 e. The number of hydrogen-bond acceptors (Lipinski definition) is 2. The van der Waals surface area contributed by atoms with Gasteiger partial charge in [0.25, 0.3) is 0 Å². The summed E-state index contributed by atoms with van der Waals surface area (Å²) < 4.78 is 2.99. The zero-order chi connectivity index (χ0) is 10.0. The van der Waals surface area contributed by atoms with Gasteiger partial charge in [-0.1, -0.05) is 6.92 Å². The fourth-order valence-electron chi connectivity index (χ4n) is 1.29. The first-order chi connectivity index (χ1) is 6.06. The second-order valence-electron chi connectivity index (χ2n) is 3.34. The Balaban J connectivity index is 2.87. The van der Waals surface area contributed by atoms with E-state index in [1.165, 1.54) is 5.69 Å². The zero-order valence-corrected chi connectivity index (χ0v) is 9.93. The first-order valence-electron chi connectivity index (χ1n) is 4.49. The van der Waals surface area contributed by atoms with Crippen LogP contribution in [0.25, 0.3) is 0 Å². The average molecular weight is 246 g/mol. The maximum atomic E-state index is 5.89. The molecule has 0 aliphatic carbocycles. The second-order valence-corrected chi connectivity index (χ2v) is 4.14. The standard InChI is InChI=1S/C9H16BrN3/c1-4-7(11)5-8-9(10)6(2)12-13(8)3/h7H,4-5,11H2,1-3H3. The highest BCUT2D eigenvalue weighted by Crippen LogP contribution is 2.21. The quantitative estimate of drug-likeness (QED) is 0.883. The Labute approximate surface area is 87.4 Å². The monoisotopic (exact) mass is 245 g/mol. The minimum atomic E-state index is 0.228. The molecular formula is C9H16BrN3. The molecule has 0 aliphatic rings. The molecule has 1 heterocycles. The highest BCUT2D eigenvalue weighted by molar-refractivity contribution is 9.10. The summed E-state index contributed by atoms with van der Waals surface area (Å²) in [6.07, 6.45) is 1.88. The van der Waals surface area contributed by atoms with Crippen LogP contribution in [0.3, 0.4) is 0 Å². The summed E-state index contributed by atoms with van der Waals surface area (Å²) in [6, 6.07) is 0.228. The van der Waals surface area contributed by atoms with Crippen molar-refractivity contribution in [2.24, 2.45) is 12.8 Å². The van der Waals surface area contributed by atoms with E-state index in [2.05, 4.69) is 28.0 Å². The van der Waals surface area contributed by atoms with Crippen LogP contribution < -0.4 is 5.73 Å². The van der Waals surface area contributed by atoms with Crippen molar-refractivity contribution in [1.29, 1.82) is 0 Å². The third kappa shape index (κ3) is 2.31. The fraction of sp³-hybridized carbons (Fsp3) is 0.667. The van der Waals surface area contributed by atoms with Gasteiger partial charge in [-0.2, -0.15) is 5.10 Å². The number of rotatable bonds is 3. The molecule has 0 saturated carbocycles. The van der Waals surface area contributed by atoms with Crippen molar-refractivity contribution in [3.05, 3.63) is 15.9 Å². The molecule has 0 radical (unpaired) electrons. The molecule has 0 bridgehead atoms. The molecule has 74 valence electrons. The van der Waals surface area contributed by atoms with E-state index in [-0.39, 0.29) is 6.04 Å². The SMILES string of the molecule is CCC(N)Cc1c(Br)c(C)nn1C. The summed E-state index contributed by atoms with van der Waals surface area (Å²) in [7, 11) is 1.95. The Hall–Kier alpha value is -0.350. The van der Waals surface area contributed by atoms with Crippen LogP contribution in [0.2, 0.25) is 0 Å². The molecule has 1 rings (SSSR count). The minimum absolute atomic E-state index is 0.228. The van der Waals surface area contributed by atoms with E-state index in [1.54, 1.807) is 0 Å². The van der Waals surface area contributed by atoms with Crippen LogP contribution in [0.15, 0.2) is 4.47 Å². The van der Waals surface area contributed by atoms with Gasteiger partial charge in [0.15, 0.2) is 0 Å². The molecule has 0 spiro atoms. The van der Waals surface area contributed by atoms with Gasteiger partial charge in [-0.05, 0) is 29.3 Å². The number of halogens is 1. The van der Waals surface area contributed by atoms with Crippen molar-refractivity contribution < 1.29 is 0 Å². The molecule has 13 heavy (non-hydrogen) atoms. The summed E-state index contributed by atoms with van der Waals surface area (Å²) in [5, 5.41) is 4.31. The average Bonchev–Trinajstić information content (AvgIpc) is 2.32. The van der Waals surface area contributed by atoms with E-state index in [4.69, 9.17) is 5.73 Å². The predicted molar refractivity (Wildman–Crippen MR) is 57.6 cm³/mol. The van der Waals surface area contributed by atoms with Crippen LogP contribution in [0.1, 0.15) is 24.7 Å². The van der Waals surface area contributed by atoms with Crippen molar-refractivity contribution >= 4 is 15.9 Å². The third-order valence-electron chi connectivity index (χ3n) is 2.24. The predicted octanol–water partition coefficient (Wildman–Crippen LogP) is 1.77. The van der Waals surface area contributed by atoms with E-state index in [1.807, 2.05) is 18.7 Å². The largest absolute Gasteiger partial charge is 0.327 e. The normalized spacial score (nSPS) is 13.3. The maximum absolute atomic E-state index is 5.89. The van der Waals surface area contributed by atoms with Crippen LogP contribution >= 0.6 is 15.9 Å². The number of aromatic nitrogens is 2. The molecule has 0 saturated heterocycles. The van der Waals surface area contributed by atoms with Gasteiger partial charge < -0.3 is 5.73 Å². The molecular weight excluding hydrogens is 230 g/mol. The van der Waals surface area contributed by atoms with Crippen LogP contribution in [-0.2, 0) is 13.5 Å². The zero-order valence-electron chi connectivity index (χ0n) is 8.34. The van der Waals surface area contributed by atoms with Gasteiger partial charge in [-0.25, -0.2) is 0 Å². The highest BCUT2D eigenvalue weighted by Gasteiger charge is 2.12. The van der Waals surface area contributed by atoms with Crippen LogP contribution in [0.5, 0.6) is 0 Å². The van der Waals surface area contributed by atoms with E-state index < -0.39 is 0 Å². The van der Waals surface area contributed by atoms with Crippen LogP contribution in [-0.4, -0.2) is 15.8 Å². The van der Waals surface area contributed by atoms with E-state index >= 15 is 0 Å². The lowest BCUT2D eigenvalue weighted by atomic mass is 10.1. The second kappa shape index (κ2) is 4.24. The molecule has 1 aromatic heterocycles. The van der Waals surface area contributed by atoms with E-state index in [9.17, 15) is 0 Å². The Morgan fingerprint density at radius 2 is 2.23 bits per heavy atom. The third-order valence-corrected chi connectivity index (χ3v) is 3.27. The van der Waals surface area contributed by atoms with E-state index in [0.717, 1.165) is 23.0 Å². The Kier molecular flexibility index (Phi) is 3.50. The number of nitrogens with two attached hydrogens (primary N) is 1. The van der Waals surface area contributed by atoms with Gasteiger partial charge in [-0.15, -0.1) is 0 Å². The Morgan fingerprint density at radius 3 is 2.62 bits per heavy atom. The van der Waals surface area contributed by atoms with Gasteiger partial charge in [-0.3, -0.25) is 4.68 Å². The Morgan fingerprint density at radius 1 is 1.62 bits per heavy atom. The Bertz CT molecular complexity index is 293. The van der Waals surface area contributed by atoms with Crippen molar-refractivity contribution in [2.45, 2.75) is 32.7 Å². The lowest BCUT2D eigenvalue weighted by Crippen LogP contribution is -2.23. The summed E-state index contributed by atoms with van der Waals surface area (Å²) in [4.78, 5) is 0. The lowest BCUT2D eigenvalue weighted by Gasteiger charge is -2.08. The number of nitrogens with zero attached hydrogens (tertiary/aromatic N) is 2. The van der Waals surface area contributed by atoms with Crippen molar-refractivity contribution in [3.63, 3.8) is 0 Å². The van der Waals surface area contributed by atoms with Crippen LogP contribution in [0, 0.1) is 6.92 Å². The van der Waals surface area contributed by atoms with Gasteiger partial charge in [0.1, 0.15) is 0 Å². The minimum Gasteiger partial charge on any atom is -0.327 e. The molecule has 0 fully saturated rings. The first-order valence-corrected chi connectivity index (χ1v) is 5.29. The topological polar surface area (TPSA) is 43.8 Å². The molecule has 0 aliphatic heterocycles. The fourth-order valence-corrected chi connectivity index (χ4v) is 1.79. The first kappa shape index (κ1) is 10.7. The lowest BCUT2D eigenvalue weighted by molar-refractivity contribution is 0.600. The molecule has 1 aromatic rings. The smallest absolute Gasteiger partial charge is 0.0738 e. The van der Waals surface area contributed by atoms with Gasteiger partial charge in [0, 0.05) is 19.5 Å². The van der Waals surface area contributed by atoms with Crippen molar-refractivity contribution in [3.8, 4) is 0 Å². The molecule has 4 heteroatoms. The van der Waals surface area contributed by atoms with Crippen molar-refractivity contribution in [1.82, 2.24) is 9.78 Å². The molecule has 1 atom stereocenters.